The molecule has 0 saturated heterocycles. The number of methoxy groups -OCH3 is 1. The highest BCUT2D eigenvalue weighted by molar-refractivity contribution is 7.31. The number of ether oxygens (including phenoxy) is 1. The van der Waals surface area contributed by atoms with E-state index in [0.717, 1.165) is 10.9 Å². The summed E-state index contributed by atoms with van der Waals surface area (Å²) in [6, 6.07) is 9.64. The number of hydrogen-bond acceptors (Lipinski definition) is 2. The van der Waals surface area contributed by atoms with Gasteiger partial charge in [-0.25, -0.2) is 4.79 Å². The molecule has 2 nitrogen and oxygen atoms in total. The summed E-state index contributed by atoms with van der Waals surface area (Å²) in [4.78, 5) is 10.9. The minimum atomic E-state index is -0.339. The van der Waals surface area contributed by atoms with Gasteiger partial charge >= 0.3 is 5.97 Å². The first kappa shape index (κ1) is 9.94. The average Bonchev–Trinajstić information content (AvgIpc) is 2.19. The van der Waals surface area contributed by atoms with Gasteiger partial charge in [0.05, 0.1) is 7.11 Å². The van der Waals surface area contributed by atoms with E-state index in [1.54, 1.807) is 0 Å². The highest BCUT2D eigenvalue weighted by Gasteiger charge is 1.98. The second-order valence-corrected chi connectivity index (χ2v) is 3.11. The van der Waals surface area contributed by atoms with Crippen molar-refractivity contribution in [2.45, 2.75) is 0 Å². The Morgan fingerprint density at radius 2 is 2.00 bits per heavy atom. The maximum atomic E-state index is 10.9. The van der Waals surface area contributed by atoms with Crippen LogP contribution in [0.25, 0.3) is 5.31 Å². The van der Waals surface area contributed by atoms with Crippen LogP contribution in [0.3, 0.4) is 0 Å². The molecule has 0 amide bonds. The third kappa shape index (κ3) is 3.00. The lowest BCUT2D eigenvalue weighted by Gasteiger charge is -1.99. The SMILES string of the molecule is COC(=O)/C=C(\P)c1ccccc1. The van der Waals surface area contributed by atoms with Crippen LogP contribution in [-0.2, 0) is 9.53 Å². The molecular weight excluding hydrogens is 183 g/mol. The summed E-state index contributed by atoms with van der Waals surface area (Å²) in [5.74, 6) is -0.339. The van der Waals surface area contributed by atoms with Gasteiger partial charge in [0, 0.05) is 6.08 Å². The smallest absolute Gasteiger partial charge is 0.331 e. The summed E-state index contributed by atoms with van der Waals surface area (Å²) in [6.07, 6.45) is 1.44. The molecule has 0 aromatic heterocycles. The molecule has 0 radical (unpaired) electrons. The monoisotopic (exact) mass is 194 g/mol. The maximum absolute atomic E-state index is 10.9. The molecule has 0 heterocycles. The second-order valence-electron chi connectivity index (χ2n) is 2.49. The predicted octanol–water partition coefficient (Wildman–Crippen LogP) is 2.08. The standard InChI is InChI=1S/C10H11O2P/c1-12-10(11)7-9(13)8-5-3-2-4-6-8/h2-7H,13H2,1H3/b9-7-. The van der Waals surface area contributed by atoms with E-state index in [4.69, 9.17) is 0 Å². The fraction of sp³-hybridized carbons (Fsp3) is 0.100. The summed E-state index contributed by atoms with van der Waals surface area (Å²) < 4.78 is 4.51. The maximum Gasteiger partial charge on any atom is 0.331 e. The first-order valence-corrected chi connectivity index (χ1v) is 4.42. The summed E-state index contributed by atoms with van der Waals surface area (Å²) in [5.41, 5.74) is 0.998. The Morgan fingerprint density at radius 1 is 1.38 bits per heavy atom. The molecular formula is C10H11O2P. The number of esters is 1. The van der Waals surface area contributed by atoms with Gasteiger partial charge in [-0.15, -0.1) is 9.24 Å². The Labute approximate surface area is 79.8 Å². The van der Waals surface area contributed by atoms with Crippen LogP contribution in [0.15, 0.2) is 36.4 Å². The lowest BCUT2D eigenvalue weighted by molar-refractivity contribution is -0.134. The van der Waals surface area contributed by atoms with E-state index in [2.05, 4.69) is 14.0 Å². The summed E-state index contributed by atoms with van der Waals surface area (Å²) in [6.45, 7) is 0. The first-order valence-electron chi connectivity index (χ1n) is 3.84. The largest absolute Gasteiger partial charge is 0.466 e. The van der Waals surface area contributed by atoms with Crippen LogP contribution in [0.5, 0.6) is 0 Å². The van der Waals surface area contributed by atoms with Crippen LogP contribution < -0.4 is 0 Å². The molecule has 1 rings (SSSR count). The van der Waals surface area contributed by atoms with Crippen molar-refractivity contribution in [3.05, 3.63) is 42.0 Å². The van der Waals surface area contributed by atoms with Crippen LogP contribution >= 0.6 is 9.24 Å². The van der Waals surface area contributed by atoms with Crippen LogP contribution in [0, 0.1) is 0 Å². The molecule has 3 heteroatoms. The highest BCUT2D eigenvalue weighted by Crippen LogP contribution is 2.20. The zero-order valence-corrected chi connectivity index (χ0v) is 8.51. The van der Waals surface area contributed by atoms with Gasteiger partial charge < -0.3 is 4.74 Å². The fourth-order valence-electron chi connectivity index (χ4n) is 0.900. The second kappa shape index (κ2) is 4.78. The van der Waals surface area contributed by atoms with E-state index in [-0.39, 0.29) is 5.97 Å². The lowest BCUT2D eigenvalue weighted by atomic mass is 10.2. The molecule has 0 bridgehead atoms. The van der Waals surface area contributed by atoms with Gasteiger partial charge in [-0.2, -0.15) is 0 Å². The number of carbonyl (C=O) groups excluding carboxylic acids is 1. The van der Waals surface area contributed by atoms with Crippen LogP contribution in [-0.4, -0.2) is 13.1 Å². The van der Waals surface area contributed by atoms with Gasteiger partial charge in [-0.3, -0.25) is 0 Å². The Kier molecular flexibility index (Phi) is 3.66. The Morgan fingerprint density at radius 3 is 2.54 bits per heavy atom. The molecule has 0 aliphatic heterocycles. The molecule has 0 aliphatic carbocycles. The summed E-state index contributed by atoms with van der Waals surface area (Å²) in [5, 5.41) is 0.826. The molecule has 0 fully saturated rings. The van der Waals surface area contributed by atoms with Crippen molar-refractivity contribution in [2.75, 3.05) is 7.11 Å². The molecule has 0 spiro atoms. The topological polar surface area (TPSA) is 26.3 Å². The Bertz CT molecular complexity index is 317. The quantitative estimate of drug-likeness (QED) is 0.409. The number of rotatable bonds is 2. The van der Waals surface area contributed by atoms with E-state index < -0.39 is 0 Å². The fourth-order valence-corrected chi connectivity index (χ4v) is 1.23. The van der Waals surface area contributed by atoms with Gasteiger partial charge in [-0.05, 0) is 10.9 Å². The van der Waals surface area contributed by atoms with Crippen molar-refractivity contribution in [3.63, 3.8) is 0 Å². The zero-order valence-electron chi connectivity index (χ0n) is 7.36. The zero-order chi connectivity index (χ0) is 9.68. The van der Waals surface area contributed by atoms with Crippen LogP contribution in [0.1, 0.15) is 5.56 Å². The Balaban J connectivity index is 2.85. The van der Waals surface area contributed by atoms with Gasteiger partial charge in [0.1, 0.15) is 0 Å². The van der Waals surface area contributed by atoms with Crippen molar-refractivity contribution in [1.82, 2.24) is 0 Å². The highest BCUT2D eigenvalue weighted by atomic mass is 31.0. The van der Waals surface area contributed by atoms with Gasteiger partial charge in [0.15, 0.2) is 0 Å². The average molecular weight is 194 g/mol. The van der Waals surface area contributed by atoms with E-state index in [0.29, 0.717) is 0 Å². The van der Waals surface area contributed by atoms with E-state index in [1.807, 2.05) is 30.3 Å². The number of carbonyl (C=O) groups is 1. The van der Waals surface area contributed by atoms with Crippen molar-refractivity contribution in [1.29, 1.82) is 0 Å². The molecule has 0 saturated carbocycles. The van der Waals surface area contributed by atoms with Crippen molar-refractivity contribution < 1.29 is 9.53 Å². The first-order chi connectivity index (χ1) is 6.24. The van der Waals surface area contributed by atoms with E-state index in [1.165, 1.54) is 13.2 Å². The third-order valence-electron chi connectivity index (χ3n) is 1.58. The Hall–Kier alpha value is -1.14. The molecule has 0 N–H and O–H groups in total. The van der Waals surface area contributed by atoms with Crippen molar-refractivity contribution in [2.24, 2.45) is 0 Å². The van der Waals surface area contributed by atoms with Gasteiger partial charge in [0.2, 0.25) is 0 Å². The van der Waals surface area contributed by atoms with E-state index >= 15 is 0 Å². The van der Waals surface area contributed by atoms with Gasteiger partial charge in [0.25, 0.3) is 0 Å². The molecule has 0 aliphatic rings. The molecule has 1 aromatic rings. The minimum absolute atomic E-state index is 0.339. The minimum Gasteiger partial charge on any atom is -0.466 e. The van der Waals surface area contributed by atoms with Crippen molar-refractivity contribution in [3.8, 4) is 0 Å². The summed E-state index contributed by atoms with van der Waals surface area (Å²) in [7, 11) is 3.87. The molecule has 1 aromatic carbocycles. The summed E-state index contributed by atoms with van der Waals surface area (Å²) >= 11 is 0. The molecule has 13 heavy (non-hydrogen) atoms. The number of hydrogen-bond donors (Lipinski definition) is 0. The third-order valence-corrected chi connectivity index (χ3v) is 2.08. The molecule has 1 atom stereocenters. The van der Waals surface area contributed by atoms with Crippen LogP contribution in [0.4, 0.5) is 0 Å². The van der Waals surface area contributed by atoms with Crippen LogP contribution in [0.2, 0.25) is 0 Å². The lowest BCUT2D eigenvalue weighted by Crippen LogP contribution is -1.94. The predicted molar refractivity (Wildman–Crippen MR) is 56.1 cm³/mol. The van der Waals surface area contributed by atoms with Gasteiger partial charge in [-0.1, -0.05) is 30.3 Å². The molecule has 1 unspecified atom stereocenters. The number of benzene rings is 1. The van der Waals surface area contributed by atoms with E-state index in [9.17, 15) is 4.79 Å². The normalized spacial score (nSPS) is 11.1. The van der Waals surface area contributed by atoms with Crippen molar-refractivity contribution >= 4 is 20.5 Å². The molecule has 68 valence electrons.